The van der Waals surface area contributed by atoms with Crippen LogP contribution in [0.5, 0.6) is 5.75 Å². The third-order valence-corrected chi connectivity index (χ3v) is 5.00. The smallest absolute Gasteiger partial charge is 0.350 e. The van der Waals surface area contributed by atoms with E-state index in [0.717, 1.165) is 16.0 Å². The highest BCUT2D eigenvalue weighted by molar-refractivity contribution is 5.90. The minimum atomic E-state index is -0.455. The standard InChI is InChI=1S/C22H17FN6O3/c1-32-17-8-2-14(3-9-17)18-12-19-21-26-29(22(31)27(21)10-11-28(19)25-18)13-20(30)24-16-6-4-15(23)5-7-16/h2-12H,13H2,1H3,(H,24,30). The van der Waals surface area contributed by atoms with Crippen molar-refractivity contribution in [2.24, 2.45) is 0 Å². The van der Waals surface area contributed by atoms with Gasteiger partial charge < -0.3 is 10.1 Å². The zero-order valence-corrected chi connectivity index (χ0v) is 16.9. The van der Waals surface area contributed by atoms with Gasteiger partial charge in [-0.3, -0.25) is 4.79 Å². The maximum Gasteiger partial charge on any atom is 0.350 e. The lowest BCUT2D eigenvalue weighted by atomic mass is 10.1. The second kappa shape index (κ2) is 7.65. The highest BCUT2D eigenvalue weighted by Gasteiger charge is 2.15. The van der Waals surface area contributed by atoms with Gasteiger partial charge in [0.25, 0.3) is 0 Å². The molecule has 1 amide bonds. The van der Waals surface area contributed by atoms with Crippen molar-refractivity contribution in [3.8, 4) is 17.0 Å². The number of amides is 1. The van der Waals surface area contributed by atoms with E-state index in [9.17, 15) is 14.0 Å². The van der Waals surface area contributed by atoms with Crippen molar-refractivity contribution in [3.05, 3.63) is 83.3 Å². The van der Waals surface area contributed by atoms with E-state index in [2.05, 4.69) is 15.5 Å². The van der Waals surface area contributed by atoms with Crippen molar-refractivity contribution in [3.63, 3.8) is 0 Å². The van der Waals surface area contributed by atoms with Crippen molar-refractivity contribution in [1.82, 2.24) is 23.8 Å². The Bertz CT molecular complexity index is 1500. The second-order valence-corrected chi connectivity index (χ2v) is 7.07. The highest BCUT2D eigenvalue weighted by Crippen LogP contribution is 2.23. The average molecular weight is 432 g/mol. The minimum Gasteiger partial charge on any atom is -0.497 e. The number of carbonyl (C=O) groups is 1. The van der Waals surface area contributed by atoms with Crippen molar-refractivity contribution >= 4 is 22.8 Å². The lowest BCUT2D eigenvalue weighted by Gasteiger charge is -2.04. The van der Waals surface area contributed by atoms with Crippen LogP contribution in [0.4, 0.5) is 10.1 Å². The summed E-state index contributed by atoms with van der Waals surface area (Å²) in [6.45, 7) is -0.288. The molecule has 1 N–H and O–H groups in total. The molecule has 10 heteroatoms. The van der Waals surface area contributed by atoms with Crippen molar-refractivity contribution in [2.75, 3.05) is 12.4 Å². The fourth-order valence-electron chi connectivity index (χ4n) is 3.41. The fraction of sp³-hybridized carbons (Fsp3) is 0.0909. The molecule has 0 atom stereocenters. The molecule has 32 heavy (non-hydrogen) atoms. The Kier molecular flexibility index (Phi) is 4.66. The summed E-state index contributed by atoms with van der Waals surface area (Å²) in [6.07, 6.45) is 3.21. The van der Waals surface area contributed by atoms with Gasteiger partial charge in [-0.05, 0) is 54.6 Å². The first-order chi connectivity index (χ1) is 15.5. The van der Waals surface area contributed by atoms with Crippen molar-refractivity contribution in [2.45, 2.75) is 6.54 Å². The molecule has 3 heterocycles. The van der Waals surface area contributed by atoms with Gasteiger partial charge in [0.1, 0.15) is 23.6 Å². The zero-order valence-electron chi connectivity index (χ0n) is 16.9. The van der Waals surface area contributed by atoms with E-state index < -0.39 is 17.4 Å². The first kappa shape index (κ1) is 19.5. The first-order valence-corrected chi connectivity index (χ1v) is 9.69. The number of fused-ring (bicyclic) bond motifs is 3. The monoisotopic (exact) mass is 432 g/mol. The minimum absolute atomic E-state index is 0.288. The number of nitrogens with one attached hydrogen (secondary N) is 1. The Hall–Kier alpha value is -4.47. The first-order valence-electron chi connectivity index (χ1n) is 9.69. The SMILES string of the molecule is COc1ccc(-c2cc3c4nn(CC(=O)Nc5ccc(F)cc5)c(=O)n4ccn3n2)cc1. The number of ether oxygens (including phenoxy) is 1. The molecule has 3 aromatic heterocycles. The molecule has 0 fully saturated rings. The van der Waals surface area contributed by atoms with Crippen LogP contribution >= 0.6 is 0 Å². The fourth-order valence-corrected chi connectivity index (χ4v) is 3.41. The number of hydrogen-bond donors (Lipinski definition) is 1. The summed E-state index contributed by atoms with van der Waals surface area (Å²) in [5, 5.41) is 11.5. The van der Waals surface area contributed by atoms with E-state index in [1.54, 1.807) is 24.0 Å². The van der Waals surface area contributed by atoms with E-state index in [1.165, 1.54) is 28.7 Å². The second-order valence-electron chi connectivity index (χ2n) is 7.07. The Morgan fingerprint density at radius 1 is 1.06 bits per heavy atom. The van der Waals surface area contributed by atoms with Crippen LogP contribution in [0.3, 0.4) is 0 Å². The molecule has 0 saturated heterocycles. The average Bonchev–Trinajstić information content (AvgIpc) is 3.37. The maximum absolute atomic E-state index is 13.0. The molecule has 0 aliphatic carbocycles. The van der Waals surface area contributed by atoms with Crippen LogP contribution in [0.15, 0.2) is 71.8 Å². The van der Waals surface area contributed by atoms with Crippen molar-refractivity contribution < 1.29 is 13.9 Å². The molecular weight excluding hydrogens is 415 g/mol. The van der Waals surface area contributed by atoms with Gasteiger partial charge in [0.15, 0.2) is 5.65 Å². The summed E-state index contributed by atoms with van der Waals surface area (Å²) in [7, 11) is 1.60. The maximum atomic E-state index is 13.0. The van der Waals surface area contributed by atoms with Crippen LogP contribution in [-0.4, -0.2) is 36.8 Å². The number of halogens is 1. The van der Waals surface area contributed by atoms with Gasteiger partial charge in [-0.2, -0.15) is 5.10 Å². The van der Waals surface area contributed by atoms with Gasteiger partial charge >= 0.3 is 5.69 Å². The number of aromatic nitrogens is 5. The van der Waals surface area contributed by atoms with Crippen LogP contribution in [0.1, 0.15) is 0 Å². The molecule has 9 nitrogen and oxygen atoms in total. The van der Waals surface area contributed by atoms with Crippen LogP contribution in [0.2, 0.25) is 0 Å². The van der Waals surface area contributed by atoms with Crippen LogP contribution in [0, 0.1) is 5.82 Å². The molecule has 0 saturated carbocycles. The lowest BCUT2D eigenvalue weighted by Crippen LogP contribution is -2.28. The predicted molar refractivity (Wildman–Crippen MR) is 115 cm³/mol. The van der Waals surface area contributed by atoms with Gasteiger partial charge in [0, 0.05) is 23.6 Å². The Balaban J connectivity index is 1.47. The third-order valence-electron chi connectivity index (χ3n) is 5.00. The normalized spacial score (nSPS) is 11.2. The largest absolute Gasteiger partial charge is 0.497 e. The third kappa shape index (κ3) is 3.47. The molecule has 0 bridgehead atoms. The summed E-state index contributed by atoms with van der Waals surface area (Å²) in [4.78, 5) is 25.1. The van der Waals surface area contributed by atoms with E-state index in [4.69, 9.17) is 4.74 Å². The van der Waals surface area contributed by atoms with Gasteiger partial charge in [0.05, 0.1) is 12.8 Å². The number of hydrogen-bond acceptors (Lipinski definition) is 5. The Morgan fingerprint density at radius 3 is 2.53 bits per heavy atom. The summed E-state index contributed by atoms with van der Waals surface area (Å²) >= 11 is 0. The number of carbonyl (C=O) groups excluding carboxylic acids is 1. The Labute approximate surface area is 180 Å². The molecule has 0 aliphatic heterocycles. The number of rotatable bonds is 5. The molecule has 0 unspecified atom stereocenters. The molecule has 0 spiro atoms. The predicted octanol–water partition coefficient (Wildman–Crippen LogP) is 2.60. The van der Waals surface area contributed by atoms with Gasteiger partial charge in [0.2, 0.25) is 5.91 Å². The van der Waals surface area contributed by atoms with Crippen LogP contribution < -0.4 is 15.7 Å². The van der Waals surface area contributed by atoms with E-state index in [0.29, 0.717) is 22.5 Å². The molecule has 5 rings (SSSR count). The summed E-state index contributed by atoms with van der Waals surface area (Å²) < 4.78 is 22.3. The van der Waals surface area contributed by atoms with Crippen molar-refractivity contribution in [1.29, 1.82) is 0 Å². The molecular formula is C22H17FN6O3. The number of nitrogens with zero attached hydrogens (tertiary/aromatic N) is 5. The van der Waals surface area contributed by atoms with E-state index in [1.807, 2.05) is 30.3 Å². The highest BCUT2D eigenvalue weighted by atomic mass is 19.1. The summed E-state index contributed by atoms with van der Waals surface area (Å²) in [5.41, 5.74) is 2.55. The molecule has 160 valence electrons. The van der Waals surface area contributed by atoms with E-state index in [-0.39, 0.29) is 6.54 Å². The van der Waals surface area contributed by atoms with E-state index >= 15 is 0 Å². The van der Waals surface area contributed by atoms with Crippen LogP contribution in [-0.2, 0) is 11.3 Å². The molecule has 5 aromatic rings. The van der Waals surface area contributed by atoms with Crippen LogP contribution in [0.25, 0.3) is 22.4 Å². The number of benzene rings is 2. The van der Waals surface area contributed by atoms with Gasteiger partial charge in [-0.1, -0.05) is 0 Å². The topological polar surface area (TPSA) is 94.9 Å². The number of methoxy groups -OCH3 is 1. The summed E-state index contributed by atoms with van der Waals surface area (Å²) in [6, 6.07) is 14.7. The summed E-state index contributed by atoms with van der Waals surface area (Å²) in [5.74, 6) is -0.118. The zero-order chi connectivity index (χ0) is 22.2. The Morgan fingerprint density at radius 2 is 1.81 bits per heavy atom. The number of anilines is 1. The molecule has 2 aromatic carbocycles. The van der Waals surface area contributed by atoms with Gasteiger partial charge in [-0.25, -0.2) is 22.8 Å². The molecule has 0 radical (unpaired) electrons. The lowest BCUT2D eigenvalue weighted by molar-refractivity contribution is -0.117. The van der Waals surface area contributed by atoms with Gasteiger partial charge in [-0.15, -0.1) is 5.10 Å². The quantitative estimate of drug-likeness (QED) is 0.461. The molecule has 0 aliphatic rings.